The maximum Gasteiger partial charge on any atom is 0.357 e. The molecule has 7 nitrogen and oxygen atoms in total. The number of hydrogen-bond donors (Lipinski definition) is 1. The number of carboxylic acid groups (broad SMARTS) is 1. The van der Waals surface area contributed by atoms with Crippen molar-refractivity contribution in [3.05, 3.63) is 41.5 Å². The number of hydrogen-bond acceptors (Lipinski definition) is 5. The molecular formula is C16H16N4O3. The van der Waals surface area contributed by atoms with Crippen LogP contribution in [0.15, 0.2) is 18.8 Å². The van der Waals surface area contributed by atoms with Crippen LogP contribution in [0.1, 0.15) is 47.2 Å². The van der Waals surface area contributed by atoms with E-state index < -0.39 is 5.97 Å². The Morgan fingerprint density at radius 3 is 2.74 bits per heavy atom. The van der Waals surface area contributed by atoms with Gasteiger partial charge in [-0.1, -0.05) is 26.5 Å². The molecule has 0 aliphatic rings. The van der Waals surface area contributed by atoms with Crippen molar-refractivity contribution in [2.75, 3.05) is 7.11 Å². The molecule has 0 aliphatic heterocycles. The van der Waals surface area contributed by atoms with Gasteiger partial charge in [0.1, 0.15) is 17.5 Å². The van der Waals surface area contributed by atoms with Crippen LogP contribution in [0.5, 0.6) is 5.75 Å². The van der Waals surface area contributed by atoms with Crippen LogP contribution in [0.4, 0.5) is 0 Å². The number of carbonyl (C=O) groups is 1. The minimum absolute atomic E-state index is 0.0213. The largest absolute Gasteiger partial charge is 0.493 e. The van der Waals surface area contributed by atoms with Crippen molar-refractivity contribution in [3.63, 3.8) is 0 Å². The number of aromatic carboxylic acids is 1. The first kappa shape index (κ1) is 16.2. The molecule has 0 bridgehead atoms. The van der Waals surface area contributed by atoms with E-state index in [-0.39, 0.29) is 17.3 Å². The first-order valence-electron chi connectivity index (χ1n) is 6.87. The molecule has 0 aliphatic carbocycles. The maximum absolute atomic E-state index is 11.5. The smallest absolute Gasteiger partial charge is 0.357 e. The summed E-state index contributed by atoms with van der Waals surface area (Å²) in [5.41, 5.74) is 1.66. The molecule has 0 unspecified atom stereocenters. The Morgan fingerprint density at radius 1 is 1.57 bits per heavy atom. The summed E-state index contributed by atoms with van der Waals surface area (Å²) < 4.78 is 6.75. The molecule has 0 atom stereocenters. The third kappa shape index (κ3) is 2.79. The summed E-state index contributed by atoms with van der Waals surface area (Å²) in [7, 11) is 1.47. The molecule has 0 spiro atoms. The fourth-order valence-corrected chi connectivity index (χ4v) is 2.36. The van der Waals surface area contributed by atoms with E-state index >= 15 is 0 Å². The van der Waals surface area contributed by atoms with Gasteiger partial charge in [0.2, 0.25) is 0 Å². The quantitative estimate of drug-likeness (QED) is 0.910. The summed E-state index contributed by atoms with van der Waals surface area (Å²) in [4.78, 5) is 15.4. The number of nitrogens with zero attached hydrogens (tertiary/aromatic N) is 4. The number of rotatable bonds is 5. The molecule has 0 amide bonds. The average molecular weight is 312 g/mol. The second-order valence-electron chi connectivity index (χ2n) is 5.08. The van der Waals surface area contributed by atoms with Crippen molar-refractivity contribution in [1.82, 2.24) is 14.8 Å². The van der Waals surface area contributed by atoms with Gasteiger partial charge in [-0.05, 0) is 5.92 Å². The maximum atomic E-state index is 11.5. The Hall–Kier alpha value is -3.14. The molecule has 2 heterocycles. The molecule has 2 aromatic heterocycles. The lowest BCUT2D eigenvalue weighted by Gasteiger charge is -2.14. The molecule has 2 rings (SSSR count). The zero-order valence-electron chi connectivity index (χ0n) is 13.1. The van der Waals surface area contributed by atoms with Crippen LogP contribution in [0.3, 0.4) is 0 Å². The molecule has 0 aromatic carbocycles. The van der Waals surface area contributed by atoms with Crippen LogP contribution in [0.2, 0.25) is 0 Å². The molecule has 0 saturated heterocycles. The number of aromatic nitrogens is 3. The van der Waals surface area contributed by atoms with E-state index in [0.717, 1.165) is 0 Å². The van der Waals surface area contributed by atoms with Crippen LogP contribution in [-0.2, 0) is 0 Å². The minimum atomic E-state index is -1.14. The van der Waals surface area contributed by atoms with Gasteiger partial charge < -0.3 is 9.84 Å². The molecule has 0 radical (unpaired) electrons. The standard InChI is InChI=1S/C16H16N4O3/c1-5-11-14(16(21)22)19-20(15(11)9(2)3)12-6-10(7-17)18-8-13(12)23-4/h5-6,8-9H,1H2,2-4H3,(H,21,22). The van der Waals surface area contributed by atoms with Crippen molar-refractivity contribution in [2.24, 2.45) is 0 Å². The van der Waals surface area contributed by atoms with E-state index in [0.29, 0.717) is 22.7 Å². The predicted octanol–water partition coefficient (Wildman–Crippen LogP) is 2.61. The van der Waals surface area contributed by atoms with Crippen molar-refractivity contribution < 1.29 is 14.6 Å². The Balaban J connectivity index is 2.85. The Kier molecular flexibility index (Phi) is 4.46. The number of ether oxygens (including phenoxy) is 1. The van der Waals surface area contributed by atoms with Gasteiger partial charge in [0.05, 0.1) is 19.0 Å². The van der Waals surface area contributed by atoms with Crippen molar-refractivity contribution >= 4 is 12.0 Å². The van der Waals surface area contributed by atoms with Gasteiger partial charge in [-0.2, -0.15) is 10.4 Å². The topological polar surface area (TPSA) is 101 Å². The first-order valence-corrected chi connectivity index (χ1v) is 6.87. The average Bonchev–Trinajstić information content (AvgIpc) is 2.93. The zero-order valence-corrected chi connectivity index (χ0v) is 13.1. The summed E-state index contributed by atoms with van der Waals surface area (Å²) in [5.74, 6) is -0.776. The molecule has 7 heteroatoms. The van der Waals surface area contributed by atoms with Crippen molar-refractivity contribution in [1.29, 1.82) is 5.26 Å². The Morgan fingerprint density at radius 2 is 2.26 bits per heavy atom. The highest BCUT2D eigenvalue weighted by atomic mass is 16.5. The third-order valence-corrected chi connectivity index (χ3v) is 3.32. The first-order chi connectivity index (χ1) is 10.9. The minimum Gasteiger partial charge on any atom is -0.493 e. The fraction of sp³-hybridized carbons (Fsp3) is 0.250. The number of nitriles is 1. The number of pyridine rings is 1. The molecular weight excluding hydrogens is 296 g/mol. The lowest BCUT2D eigenvalue weighted by molar-refractivity contribution is 0.0689. The molecule has 118 valence electrons. The van der Waals surface area contributed by atoms with Crippen LogP contribution in [0, 0.1) is 11.3 Å². The number of methoxy groups -OCH3 is 1. The van der Waals surface area contributed by atoms with Crippen LogP contribution in [-0.4, -0.2) is 33.0 Å². The normalized spacial score (nSPS) is 10.4. The van der Waals surface area contributed by atoms with E-state index in [1.807, 2.05) is 19.9 Å². The number of carboxylic acids is 1. The highest BCUT2D eigenvalue weighted by Crippen LogP contribution is 2.31. The summed E-state index contributed by atoms with van der Waals surface area (Å²) in [6, 6.07) is 3.46. The molecule has 0 fully saturated rings. The van der Waals surface area contributed by atoms with Gasteiger partial charge in [0, 0.05) is 11.6 Å². The fourth-order valence-electron chi connectivity index (χ4n) is 2.36. The highest BCUT2D eigenvalue weighted by Gasteiger charge is 2.25. The highest BCUT2D eigenvalue weighted by molar-refractivity contribution is 5.90. The molecule has 1 N–H and O–H groups in total. The van der Waals surface area contributed by atoms with Gasteiger partial charge in [0.15, 0.2) is 11.4 Å². The van der Waals surface area contributed by atoms with Crippen molar-refractivity contribution in [3.8, 4) is 17.5 Å². The third-order valence-electron chi connectivity index (χ3n) is 3.32. The van der Waals surface area contributed by atoms with Crippen LogP contribution >= 0.6 is 0 Å². The monoisotopic (exact) mass is 312 g/mol. The van der Waals surface area contributed by atoms with Gasteiger partial charge in [-0.15, -0.1) is 0 Å². The predicted molar refractivity (Wildman–Crippen MR) is 83.8 cm³/mol. The Labute approximate surface area is 133 Å². The molecule has 2 aromatic rings. The van der Waals surface area contributed by atoms with E-state index in [1.54, 1.807) is 0 Å². The van der Waals surface area contributed by atoms with Crippen LogP contribution in [0.25, 0.3) is 11.8 Å². The van der Waals surface area contributed by atoms with Gasteiger partial charge >= 0.3 is 5.97 Å². The van der Waals surface area contributed by atoms with E-state index in [4.69, 9.17) is 10.00 Å². The molecule has 23 heavy (non-hydrogen) atoms. The Bertz CT molecular complexity index is 815. The summed E-state index contributed by atoms with van der Waals surface area (Å²) in [6.45, 7) is 7.53. The second-order valence-corrected chi connectivity index (χ2v) is 5.08. The van der Waals surface area contributed by atoms with E-state index in [9.17, 15) is 9.90 Å². The summed E-state index contributed by atoms with van der Waals surface area (Å²) >= 11 is 0. The SMILES string of the molecule is C=Cc1c(C(=O)O)nn(-c2cc(C#N)ncc2OC)c1C(C)C. The van der Waals surface area contributed by atoms with Gasteiger partial charge in [-0.25, -0.2) is 14.5 Å². The van der Waals surface area contributed by atoms with Gasteiger partial charge in [-0.3, -0.25) is 0 Å². The lowest BCUT2D eigenvalue weighted by Crippen LogP contribution is -2.08. The van der Waals surface area contributed by atoms with Crippen molar-refractivity contribution in [2.45, 2.75) is 19.8 Å². The van der Waals surface area contributed by atoms with Crippen LogP contribution < -0.4 is 4.74 Å². The van der Waals surface area contributed by atoms with E-state index in [1.165, 1.54) is 30.1 Å². The summed E-state index contributed by atoms with van der Waals surface area (Å²) in [5, 5.41) is 22.6. The zero-order chi connectivity index (χ0) is 17.1. The second kappa shape index (κ2) is 6.32. The van der Waals surface area contributed by atoms with E-state index in [2.05, 4.69) is 16.7 Å². The van der Waals surface area contributed by atoms with Gasteiger partial charge in [0.25, 0.3) is 0 Å². The molecule has 0 saturated carbocycles. The lowest BCUT2D eigenvalue weighted by atomic mass is 10.0. The summed E-state index contributed by atoms with van der Waals surface area (Å²) in [6.07, 6.45) is 2.88.